The van der Waals surface area contributed by atoms with Crippen molar-refractivity contribution >= 4 is 11.4 Å². The average molecular weight is 140 g/mol. The lowest BCUT2D eigenvalue weighted by atomic mass is 10.0. The molecule has 1 rings (SSSR count). The van der Waals surface area contributed by atoms with E-state index in [4.69, 9.17) is 10.4 Å². The normalized spacial score (nSPS) is 26.0. The molecule has 0 aromatic rings. The highest BCUT2D eigenvalue weighted by Gasteiger charge is 2.10. The van der Waals surface area contributed by atoms with Gasteiger partial charge in [0.2, 0.25) is 0 Å². The van der Waals surface area contributed by atoms with E-state index in [1.54, 1.807) is 6.08 Å². The second-order valence-corrected chi connectivity index (χ2v) is 1.97. The molecule has 0 heterocycles. The highest BCUT2D eigenvalue weighted by molar-refractivity contribution is 6.46. The molecule has 2 N–H and O–H groups in total. The lowest BCUT2D eigenvalue weighted by Gasteiger charge is -2.04. The summed E-state index contributed by atoms with van der Waals surface area (Å²) in [6, 6.07) is 0. The number of allylic oxidation sites excluding steroid dienone is 2. The SMILES string of the molecule is ON=C1C=CCCC1=NO. The molecule has 0 bridgehead atoms. The van der Waals surface area contributed by atoms with Crippen LogP contribution in [0.2, 0.25) is 0 Å². The zero-order chi connectivity index (χ0) is 7.40. The number of rotatable bonds is 0. The Hall–Kier alpha value is -1.32. The smallest absolute Gasteiger partial charge is 0.127 e. The molecule has 10 heavy (non-hydrogen) atoms. The molecule has 4 nitrogen and oxygen atoms in total. The molecule has 1 aliphatic carbocycles. The van der Waals surface area contributed by atoms with Gasteiger partial charge in [-0.1, -0.05) is 16.4 Å². The van der Waals surface area contributed by atoms with Crippen LogP contribution in [-0.2, 0) is 0 Å². The van der Waals surface area contributed by atoms with E-state index in [-0.39, 0.29) is 0 Å². The molecule has 0 aromatic carbocycles. The van der Waals surface area contributed by atoms with E-state index in [0.717, 1.165) is 6.42 Å². The molecular formula is C6H8N2O2. The van der Waals surface area contributed by atoms with Crippen LogP contribution < -0.4 is 0 Å². The third-order valence-electron chi connectivity index (χ3n) is 1.35. The van der Waals surface area contributed by atoms with Gasteiger partial charge in [-0.25, -0.2) is 0 Å². The predicted octanol–water partition coefficient (Wildman–Crippen LogP) is 0.997. The molecule has 0 aromatic heterocycles. The number of oxime groups is 2. The lowest BCUT2D eigenvalue weighted by molar-refractivity contribution is 0.313. The summed E-state index contributed by atoms with van der Waals surface area (Å²) in [5, 5.41) is 22.6. The second-order valence-electron chi connectivity index (χ2n) is 1.97. The number of hydrogen-bond acceptors (Lipinski definition) is 4. The Kier molecular flexibility index (Phi) is 2.04. The third kappa shape index (κ3) is 1.15. The maximum absolute atomic E-state index is 8.35. The van der Waals surface area contributed by atoms with E-state index >= 15 is 0 Å². The Morgan fingerprint density at radius 1 is 1.30 bits per heavy atom. The van der Waals surface area contributed by atoms with E-state index in [1.807, 2.05) is 6.08 Å². The van der Waals surface area contributed by atoms with Crippen LogP contribution in [-0.4, -0.2) is 21.8 Å². The van der Waals surface area contributed by atoms with Crippen LogP contribution in [0.5, 0.6) is 0 Å². The molecule has 0 amide bonds. The van der Waals surface area contributed by atoms with Crippen LogP contribution in [0.1, 0.15) is 12.8 Å². The summed E-state index contributed by atoms with van der Waals surface area (Å²) in [5.41, 5.74) is 0.777. The lowest BCUT2D eigenvalue weighted by Crippen LogP contribution is -2.14. The van der Waals surface area contributed by atoms with Crippen molar-refractivity contribution in [3.8, 4) is 0 Å². The molecule has 1 aliphatic rings. The Labute approximate surface area is 58.2 Å². The minimum Gasteiger partial charge on any atom is -0.411 e. The molecule has 0 spiro atoms. The summed E-state index contributed by atoms with van der Waals surface area (Å²) in [4.78, 5) is 0. The Balaban J connectivity index is 2.86. The molecule has 54 valence electrons. The van der Waals surface area contributed by atoms with Gasteiger partial charge in [0.15, 0.2) is 0 Å². The molecule has 0 atom stereocenters. The van der Waals surface area contributed by atoms with Gasteiger partial charge in [-0.05, 0) is 18.9 Å². The van der Waals surface area contributed by atoms with Gasteiger partial charge in [-0.2, -0.15) is 0 Å². The first kappa shape index (κ1) is 6.80. The molecular weight excluding hydrogens is 132 g/mol. The van der Waals surface area contributed by atoms with Gasteiger partial charge < -0.3 is 10.4 Å². The topological polar surface area (TPSA) is 65.2 Å². The zero-order valence-corrected chi connectivity index (χ0v) is 5.36. The quantitative estimate of drug-likeness (QED) is 0.389. The van der Waals surface area contributed by atoms with Gasteiger partial charge in [0.05, 0.1) is 0 Å². The van der Waals surface area contributed by atoms with Crippen LogP contribution in [0.15, 0.2) is 22.5 Å². The van der Waals surface area contributed by atoms with Crippen LogP contribution in [0.3, 0.4) is 0 Å². The van der Waals surface area contributed by atoms with Crippen molar-refractivity contribution in [3.63, 3.8) is 0 Å². The summed E-state index contributed by atoms with van der Waals surface area (Å²) < 4.78 is 0. The van der Waals surface area contributed by atoms with Gasteiger partial charge >= 0.3 is 0 Å². The zero-order valence-electron chi connectivity index (χ0n) is 5.36. The van der Waals surface area contributed by atoms with Crippen molar-refractivity contribution in [3.05, 3.63) is 12.2 Å². The van der Waals surface area contributed by atoms with Crippen molar-refractivity contribution in [2.45, 2.75) is 12.8 Å². The predicted molar refractivity (Wildman–Crippen MR) is 36.8 cm³/mol. The average Bonchev–Trinajstić information content (AvgIpc) is 2.04. The van der Waals surface area contributed by atoms with Crippen molar-refractivity contribution < 1.29 is 10.4 Å². The van der Waals surface area contributed by atoms with Crippen molar-refractivity contribution in [1.82, 2.24) is 0 Å². The van der Waals surface area contributed by atoms with Gasteiger partial charge in [-0.3, -0.25) is 0 Å². The minimum atomic E-state index is 0.341. The largest absolute Gasteiger partial charge is 0.411 e. The van der Waals surface area contributed by atoms with Gasteiger partial charge in [0, 0.05) is 0 Å². The standard InChI is InChI=1S/C6H8N2O2/c9-7-5-3-1-2-4-6(5)8-10/h1,3,9-10H,2,4H2. The van der Waals surface area contributed by atoms with Gasteiger partial charge in [-0.15, -0.1) is 0 Å². The monoisotopic (exact) mass is 140 g/mol. The van der Waals surface area contributed by atoms with Gasteiger partial charge in [0.25, 0.3) is 0 Å². The highest BCUT2D eigenvalue weighted by Crippen LogP contribution is 2.04. The Morgan fingerprint density at radius 3 is 2.60 bits per heavy atom. The summed E-state index contributed by atoms with van der Waals surface area (Å²) in [7, 11) is 0. The first-order valence-electron chi connectivity index (χ1n) is 2.98. The van der Waals surface area contributed by atoms with Gasteiger partial charge in [0.1, 0.15) is 11.4 Å². The van der Waals surface area contributed by atoms with E-state index in [9.17, 15) is 0 Å². The summed E-state index contributed by atoms with van der Waals surface area (Å²) >= 11 is 0. The van der Waals surface area contributed by atoms with Crippen LogP contribution in [0.4, 0.5) is 0 Å². The minimum absolute atomic E-state index is 0.341. The third-order valence-corrected chi connectivity index (χ3v) is 1.35. The van der Waals surface area contributed by atoms with Crippen molar-refractivity contribution in [2.24, 2.45) is 10.3 Å². The second kappa shape index (κ2) is 3.00. The summed E-state index contributed by atoms with van der Waals surface area (Å²) in [5.74, 6) is 0. The molecule has 0 radical (unpaired) electrons. The van der Waals surface area contributed by atoms with E-state index in [0.29, 0.717) is 17.8 Å². The number of hydrogen-bond donors (Lipinski definition) is 2. The van der Waals surface area contributed by atoms with E-state index < -0.39 is 0 Å². The molecule has 0 saturated carbocycles. The number of nitrogens with zero attached hydrogens (tertiary/aromatic N) is 2. The molecule has 0 unspecified atom stereocenters. The van der Waals surface area contributed by atoms with Crippen molar-refractivity contribution in [1.29, 1.82) is 0 Å². The summed E-state index contributed by atoms with van der Waals surface area (Å²) in [6.07, 6.45) is 4.95. The van der Waals surface area contributed by atoms with E-state index in [1.165, 1.54) is 0 Å². The first-order valence-corrected chi connectivity index (χ1v) is 2.98. The van der Waals surface area contributed by atoms with E-state index in [2.05, 4.69) is 10.3 Å². The molecule has 0 saturated heterocycles. The fourth-order valence-electron chi connectivity index (χ4n) is 0.832. The summed E-state index contributed by atoms with van der Waals surface area (Å²) in [6.45, 7) is 0. The van der Waals surface area contributed by atoms with Crippen LogP contribution in [0, 0.1) is 0 Å². The molecule has 4 heteroatoms. The fraction of sp³-hybridized carbons (Fsp3) is 0.333. The molecule has 0 fully saturated rings. The maximum Gasteiger partial charge on any atom is 0.127 e. The Morgan fingerprint density at radius 2 is 2.10 bits per heavy atom. The van der Waals surface area contributed by atoms with Crippen LogP contribution in [0.25, 0.3) is 0 Å². The van der Waals surface area contributed by atoms with Crippen molar-refractivity contribution in [2.75, 3.05) is 0 Å². The first-order chi connectivity index (χ1) is 4.88. The fourth-order valence-corrected chi connectivity index (χ4v) is 0.832. The van der Waals surface area contributed by atoms with Crippen LogP contribution >= 0.6 is 0 Å². The maximum atomic E-state index is 8.35. The Bertz CT molecular complexity index is 206. The highest BCUT2D eigenvalue weighted by atomic mass is 16.4. The molecule has 0 aliphatic heterocycles.